The third-order valence-electron chi connectivity index (χ3n) is 2.41. The monoisotopic (exact) mass is 228 g/mol. The van der Waals surface area contributed by atoms with Gasteiger partial charge in [-0.25, -0.2) is 9.97 Å². The second kappa shape index (κ2) is 5.32. The lowest BCUT2D eigenvalue weighted by atomic mass is 10.0. The zero-order valence-corrected chi connectivity index (χ0v) is 9.41. The van der Waals surface area contributed by atoms with Crippen LogP contribution in [0.4, 0.5) is 0 Å². The Hall–Kier alpha value is -2.07. The molecule has 4 heteroatoms. The minimum Gasteiger partial charge on any atom is -0.368 e. The number of benzene rings is 1. The molecule has 0 radical (unpaired) electrons. The summed E-state index contributed by atoms with van der Waals surface area (Å²) in [6, 6.07) is 10.9. The van der Waals surface area contributed by atoms with Crippen LogP contribution in [-0.4, -0.2) is 22.9 Å². The first-order chi connectivity index (χ1) is 8.33. The zero-order chi connectivity index (χ0) is 12.1. The average molecular weight is 228 g/mol. The first-order valence-electron chi connectivity index (χ1n) is 5.21. The van der Waals surface area contributed by atoms with Gasteiger partial charge in [-0.3, -0.25) is 4.79 Å². The molecule has 17 heavy (non-hydrogen) atoms. The van der Waals surface area contributed by atoms with Crippen molar-refractivity contribution in [3.05, 3.63) is 60.2 Å². The molecule has 1 aromatic heterocycles. The molecule has 0 aliphatic carbocycles. The summed E-state index contributed by atoms with van der Waals surface area (Å²) in [5.41, 5.74) is 1.18. The van der Waals surface area contributed by atoms with Gasteiger partial charge in [-0.2, -0.15) is 0 Å². The van der Waals surface area contributed by atoms with E-state index in [0.717, 1.165) is 5.56 Å². The highest BCUT2D eigenvalue weighted by Gasteiger charge is 2.22. The van der Waals surface area contributed by atoms with E-state index in [1.165, 1.54) is 19.6 Å². The van der Waals surface area contributed by atoms with Crippen LogP contribution in [0.1, 0.15) is 22.2 Å². The lowest BCUT2D eigenvalue weighted by Crippen LogP contribution is -2.16. The minimum atomic E-state index is -0.619. The number of carbonyl (C=O) groups is 1. The van der Waals surface area contributed by atoms with Gasteiger partial charge in [-0.15, -0.1) is 0 Å². The third-order valence-corrected chi connectivity index (χ3v) is 2.41. The average Bonchev–Trinajstić information content (AvgIpc) is 2.42. The smallest absolute Gasteiger partial charge is 0.214 e. The van der Waals surface area contributed by atoms with Gasteiger partial charge < -0.3 is 4.74 Å². The number of rotatable bonds is 4. The number of nitrogens with zero attached hydrogens (tertiary/aromatic N) is 2. The lowest BCUT2D eigenvalue weighted by Gasteiger charge is -2.13. The highest BCUT2D eigenvalue weighted by Crippen LogP contribution is 2.20. The molecular weight excluding hydrogens is 216 g/mol. The van der Waals surface area contributed by atoms with Crippen molar-refractivity contribution in [1.82, 2.24) is 9.97 Å². The second-order valence-electron chi connectivity index (χ2n) is 3.49. The number of hydrogen-bond acceptors (Lipinski definition) is 4. The Morgan fingerprint density at radius 2 is 2.00 bits per heavy atom. The van der Waals surface area contributed by atoms with E-state index >= 15 is 0 Å². The van der Waals surface area contributed by atoms with Crippen molar-refractivity contribution in [2.75, 3.05) is 7.11 Å². The van der Waals surface area contributed by atoms with Crippen LogP contribution in [0.3, 0.4) is 0 Å². The molecule has 2 rings (SSSR count). The van der Waals surface area contributed by atoms with E-state index in [0.29, 0.717) is 5.69 Å². The van der Waals surface area contributed by atoms with Crippen LogP contribution < -0.4 is 0 Å². The van der Waals surface area contributed by atoms with Crippen LogP contribution in [0.2, 0.25) is 0 Å². The standard InChI is InChI=1S/C13H12N2O2/c1-17-13(10-5-3-2-4-6-10)12(16)11-7-8-14-9-15-11/h2-9,13H,1H3. The van der Waals surface area contributed by atoms with E-state index in [9.17, 15) is 4.79 Å². The molecule has 0 saturated heterocycles. The van der Waals surface area contributed by atoms with Gasteiger partial charge >= 0.3 is 0 Å². The van der Waals surface area contributed by atoms with Crippen LogP contribution in [0.5, 0.6) is 0 Å². The summed E-state index contributed by atoms with van der Waals surface area (Å²) in [6.07, 6.45) is 2.27. The molecule has 4 nitrogen and oxygen atoms in total. The number of aromatic nitrogens is 2. The molecule has 0 aliphatic rings. The normalized spacial score (nSPS) is 12.1. The second-order valence-corrected chi connectivity index (χ2v) is 3.49. The fraction of sp³-hybridized carbons (Fsp3) is 0.154. The first kappa shape index (κ1) is 11.4. The number of carbonyl (C=O) groups excluding carboxylic acids is 1. The molecule has 0 N–H and O–H groups in total. The lowest BCUT2D eigenvalue weighted by molar-refractivity contribution is 0.0599. The predicted molar refractivity (Wildman–Crippen MR) is 62.6 cm³/mol. The van der Waals surface area contributed by atoms with Crippen LogP contribution in [0.25, 0.3) is 0 Å². The summed E-state index contributed by atoms with van der Waals surface area (Å²) in [5.74, 6) is -0.166. The quantitative estimate of drug-likeness (QED) is 0.751. The molecule has 0 bridgehead atoms. The summed E-state index contributed by atoms with van der Waals surface area (Å²) >= 11 is 0. The van der Waals surface area contributed by atoms with E-state index in [1.807, 2.05) is 30.3 Å². The molecule has 0 fully saturated rings. The molecule has 0 saturated carbocycles. The Morgan fingerprint density at radius 1 is 1.24 bits per heavy atom. The topological polar surface area (TPSA) is 52.1 Å². The van der Waals surface area contributed by atoms with Crippen molar-refractivity contribution in [2.45, 2.75) is 6.10 Å². The third kappa shape index (κ3) is 2.54. The fourth-order valence-electron chi connectivity index (χ4n) is 1.59. The number of ether oxygens (including phenoxy) is 1. The molecule has 0 aliphatic heterocycles. The first-order valence-corrected chi connectivity index (χ1v) is 5.21. The van der Waals surface area contributed by atoms with Gasteiger partial charge in [0.2, 0.25) is 5.78 Å². The Kier molecular flexibility index (Phi) is 3.57. The fourth-order valence-corrected chi connectivity index (χ4v) is 1.59. The van der Waals surface area contributed by atoms with Gasteiger partial charge in [0, 0.05) is 13.3 Å². The molecule has 1 aromatic carbocycles. The van der Waals surface area contributed by atoms with Crippen LogP contribution >= 0.6 is 0 Å². The maximum absolute atomic E-state index is 12.2. The Labute approximate surface area is 99.3 Å². The Balaban J connectivity index is 2.29. The summed E-state index contributed by atoms with van der Waals surface area (Å²) in [6.45, 7) is 0. The van der Waals surface area contributed by atoms with E-state index < -0.39 is 6.10 Å². The maximum atomic E-state index is 12.2. The highest BCUT2D eigenvalue weighted by atomic mass is 16.5. The molecular formula is C13H12N2O2. The van der Waals surface area contributed by atoms with Crippen LogP contribution in [0.15, 0.2) is 48.9 Å². The van der Waals surface area contributed by atoms with Gasteiger partial charge in [0.25, 0.3) is 0 Å². The van der Waals surface area contributed by atoms with Crippen molar-refractivity contribution in [3.8, 4) is 0 Å². The summed E-state index contributed by atoms with van der Waals surface area (Å²) in [4.78, 5) is 19.9. The molecule has 1 atom stereocenters. The molecule has 0 spiro atoms. The van der Waals surface area contributed by atoms with Crippen LogP contribution in [-0.2, 0) is 4.74 Å². The van der Waals surface area contributed by atoms with Crippen molar-refractivity contribution in [2.24, 2.45) is 0 Å². The molecule has 86 valence electrons. The van der Waals surface area contributed by atoms with Crippen molar-refractivity contribution in [3.63, 3.8) is 0 Å². The van der Waals surface area contributed by atoms with Crippen molar-refractivity contribution < 1.29 is 9.53 Å². The van der Waals surface area contributed by atoms with Gasteiger partial charge in [-0.1, -0.05) is 30.3 Å². The number of methoxy groups -OCH3 is 1. The molecule has 1 heterocycles. The zero-order valence-electron chi connectivity index (χ0n) is 9.41. The molecule has 2 aromatic rings. The predicted octanol–water partition coefficient (Wildman–Crippen LogP) is 2.05. The van der Waals surface area contributed by atoms with E-state index in [2.05, 4.69) is 9.97 Å². The van der Waals surface area contributed by atoms with E-state index in [-0.39, 0.29) is 5.78 Å². The Morgan fingerprint density at radius 3 is 2.59 bits per heavy atom. The minimum absolute atomic E-state index is 0.166. The number of hydrogen-bond donors (Lipinski definition) is 0. The van der Waals surface area contributed by atoms with E-state index in [1.54, 1.807) is 6.07 Å². The van der Waals surface area contributed by atoms with Crippen molar-refractivity contribution in [1.29, 1.82) is 0 Å². The highest BCUT2D eigenvalue weighted by molar-refractivity contribution is 5.98. The van der Waals surface area contributed by atoms with Gasteiger partial charge in [0.15, 0.2) is 0 Å². The molecule has 1 unspecified atom stereocenters. The number of Topliss-reactive ketones (excluding diaryl/α,β-unsaturated/α-hetero) is 1. The van der Waals surface area contributed by atoms with Crippen LogP contribution in [0, 0.1) is 0 Å². The van der Waals surface area contributed by atoms with Crippen molar-refractivity contribution >= 4 is 5.78 Å². The van der Waals surface area contributed by atoms with E-state index in [4.69, 9.17) is 4.74 Å². The maximum Gasteiger partial charge on any atom is 0.214 e. The molecule has 0 amide bonds. The largest absolute Gasteiger partial charge is 0.368 e. The van der Waals surface area contributed by atoms with Gasteiger partial charge in [0.05, 0.1) is 0 Å². The van der Waals surface area contributed by atoms with Gasteiger partial charge in [-0.05, 0) is 11.6 Å². The summed E-state index contributed by atoms with van der Waals surface area (Å²) in [5, 5.41) is 0. The summed E-state index contributed by atoms with van der Waals surface area (Å²) in [7, 11) is 1.51. The Bertz CT molecular complexity index is 485. The number of ketones is 1. The SMILES string of the molecule is COC(C(=O)c1ccncn1)c1ccccc1. The van der Waals surface area contributed by atoms with Gasteiger partial charge in [0.1, 0.15) is 18.1 Å². The summed E-state index contributed by atoms with van der Waals surface area (Å²) < 4.78 is 5.24.